The molecule has 0 radical (unpaired) electrons. The number of non-ortho nitro benzene ring substituents is 1. The van der Waals surface area contributed by atoms with Gasteiger partial charge in [0.2, 0.25) is 0 Å². The first-order chi connectivity index (χ1) is 8.50. The molecule has 1 aromatic carbocycles. The van der Waals surface area contributed by atoms with E-state index in [1.165, 1.54) is 12.1 Å². The standard InChI is InChI=1S/C12H14N2O4/c1-8-5-6-13(11(8)12(15)16)9-3-2-4-10(7-9)14(17)18/h2-4,7-8,11H,5-6H2,1H3,(H,15,16). The van der Waals surface area contributed by atoms with Crippen LogP contribution in [0.15, 0.2) is 24.3 Å². The Hall–Kier alpha value is -2.11. The maximum absolute atomic E-state index is 11.2. The Balaban J connectivity index is 2.33. The fraction of sp³-hybridized carbons (Fsp3) is 0.417. The molecule has 1 saturated heterocycles. The lowest BCUT2D eigenvalue weighted by molar-refractivity contribution is -0.384. The van der Waals surface area contributed by atoms with E-state index in [1.807, 2.05) is 6.92 Å². The lowest BCUT2D eigenvalue weighted by Gasteiger charge is -2.25. The number of carbonyl (C=O) groups is 1. The highest BCUT2D eigenvalue weighted by Crippen LogP contribution is 2.31. The molecule has 6 nitrogen and oxygen atoms in total. The van der Waals surface area contributed by atoms with Gasteiger partial charge in [0.15, 0.2) is 0 Å². The van der Waals surface area contributed by atoms with E-state index in [2.05, 4.69) is 0 Å². The number of benzene rings is 1. The highest BCUT2D eigenvalue weighted by atomic mass is 16.6. The van der Waals surface area contributed by atoms with Crippen LogP contribution in [0.1, 0.15) is 13.3 Å². The largest absolute Gasteiger partial charge is 0.480 e. The number of anilines is 1. The van der Waals surface area contributed by atoms with Gasteiger partial charge in [-0.2, -0.15) is 0 Å². The number of carboxylic acids is 1. The van der Waals surface area contributed by atoms with Crippen molar-refractivity contribution >= 4 is 17.3 Å². The van der Waals surface area contributed by atoms with Gasteiger partial charge in [-0.05, 0) is 18.4 Å². The van der Waals surface area contributed by atoms with E-state index in [4.69, 9.17) is 0 Å². The maximum Gasteiger partial charge on any atom is 0.326 e. The van der Waals surface area contributed by atoms with Gasteiger partial charge in [-0.15, -0.1) is 0 Å². The van der Waals surface area contributed by atoms with E-state index < -0.39 is 16.9 Å². The van der Waals surface area contributed by atoms with Gasteiger partial charge in [0.25, 0.3) is 5.69 Å². The zero-order chi connectivity index (χ0) is 13.3. The van der Waals surface area contributed by atoms with Crippen molar-refractivity contribution in [3.05, 3.63) is 34.4 Å². The Morgan fingerprint density at radius 3 is 2.89 bits per heavy atom. The Morgan fingerprint density at radius 2 is 2.28 bits per heavy atom. The second-order valence-electron chi connectivity index (χ2n) is 4.52. The van der Waals surface area contributed by atoms with E-state index >= 15 is 0 Å². The van der Waals surface area contributed by atoms with Crippen molar-refractivity contribution in [3.63, 3.8) is 0 Å². The Labute approximate surface area is 104 Å². The number of nitrogens with zero attached hydrogens (tertiary/aromatic N) is 2. The first-order valence-electron chi connectivity index (χ1n) is 5.74. The highest BCUT2D eigenvalue weighted by molar-refractivity contribution is 5.79. The second kappa shape index (κ2) is 4.64. The lowest BCUT2D eigenvalue weighted by Crippen LogP contribution is -2.39. The van der Waals surface area contributed by atoms with Crippen LogP contribution in [0.25, 0.3) is 0 Å². The lowest BCUT2D eigenvalue weighted by atomic mass is 10.0. The van der Waals surface area contributed by atoms with Crippen LogP contribution in [-0.2, 0) is 4.79 Å². The van der Waals surface area contributed by atoms with Gasteiger partial charge < -0.3 is 10.0 Å². The molecule has 0 amide bonds. The molecule has 0 spiro atoms. The van der Waals surface area contributed by atoms with Crippen molar-refractivity contribution < 1.29 is 14.8 Å². The molecule has 1 N–H and O–H groups in total. The fourth-order valence-electron chi connectivity index (χ4n) is 2.40. The number of hydrogen-bond donors (Lipinski definition) is 1. The molecular formula is C12H14N2O4. The van der Waals surface area contributed by atoms with E-state index in [-0.39, 0.29) is 11.6 Å². The molecule has 1 aliphatic heterocycles. The van der Waals surface area contributed by atoms with Gasteiger partial charge in [0, 0.05) is 24.4 Å². The van der Waals surface area contributed by atoms with Crippen LogP contribution in [0.5, 0.6) is 0 Å². The summed E-state index contributed by atoms with van der Waals surface area (Å²) in [7, 11) is 0. The normalized spacial score (nSPS) is 23.1. The average Bonchev–Trinajstić information content (AvgIpc) is 2.71. The van der Waals surface area contributed by atoms with Gasteiger partial charge in [-0.3, -0.25) is 10.1 Å². The van der Waals surface area contributed by atoms with Crippen molar-refractivity contribution in [1.82, 2.24) is 0 Å². The smallest absolute Gasteiger partial charge is 0.326 e. The van der Waals surface area contributed by atoms with Crippen LogP contribution >= 0.6 is 0 Å². The first kappa shape index (κ1) is 12.3. The van der Waals surface area contributed by atoms with Crippen LogP contribution < -0.4 is 4.90 Å². The van der Waals surface area contributed by atoms with Crippen molar-refractivity contribution in [2.75, 3.05) is 11.4 Å². The molecule has 2 rings (SSSR count). The van der Waals surface area contributed by atoms with Crippen molar-refractivity contribution in [2.45, 2.75) is 19.4 Å². The van der Waals surface area contributed by atoms with Crippen LogP contribution in [0.2, 0.25) is 0 Å². The molecule has 1 aliphatic rings. The van der Waals surface area contributed by atoms with Crippen molar-refractivity contribution in [2.24, 2.45) is 5.92 Å². The maximum atomic E-state index is 11.2. The van der Waals surface area contributed by atoms with Gasteiger partial charge in [-0.25, -0.2) is 4.79 Å². The van der Waals surface area contributed by atoms with E-state index in [9.17, 15) is 20.0 Å². The Kier molecular flexibility index (Phi) is 3.18. The predicted octanol–water partition coefficient (Wildman–Crippen LogP) is 1.89. The monoisotopic (exact) mass is 250 g/mol. The highest BCUT2D eigenvalue weighted by Gasteiger charge is 2.37. The number of carboxylic acid groups (broad SMARTS) is 1. The Morgan fingerprint density at radius 1 is 1.56 bits per heavy atom. The third kappa shape index (κ3) is 2.13. The summed E-state index contributed by atoms with van der Waals surface area (Å²) in [5.41, 5.74) is 0.581. The van der Waals surface area contributed by atoms with Crippen LogP contribution in [0.3, 0.4) is 0 Å². The summed E-state index contributed by atoms with van der Waals surface area (Å²) in [4.78, 5) is 23.2. The minimum atomic E-state index is -0.883. The van der Waals surface area contributed by atoms with E-state index in [0.717, 1.165) is 6.42 Å². The van der Waals surface area contributed by atoms with Gasteiger partial charge in [-0.1, -0.05) is 13.0 Å². The van der Waals surface area contributed by atoms with Crippen molar-refractivity contribution in [3.8, 4) is 0 Å². The minimum absolute atomic E-state index is 0.0174. The molecule has 2 atom stereocenters. The summed E-state index contributed by atoms with van der Waals surface area (Å²) < 4.78 is 0. The number of rotatable bonds is 3. The molecule has 0 aliphatic carbocycles. The predicted molar refractivity (Wildman–Crippen MR) is 65.6 cm³/mol. The van der Waals surface area contributed by atoms with Gasteiger partial charge >= 0.3 is 5.97 Å². The zero-order valence-corrected chi connectivity index (χ0v) is 9.94. The summed E-state index contributed by atoms with van der Waals surface area (Å²) in [5, 5.41) is 19.9. The number of nitro benzene ring substituents is 1. The van der Waals surface area contributed by atoms with Crippen LogP contribution in [0.4, 0.5) is 11.4 Å². The summed E-state index contributed by atoms with van der Waals surface area (Å²) in [5.74, 6) is -0.840. The quantitative estimate of drug-likeness (QED) is 0.654. The second-order valence-corrected chi connectivity index (χ2v) is 4.52. The summed E-state index contributed by atoms with van der Waals surface area (Å²) >= 11 is 0. The molecule has 0 saturated carbocycles. The molecule has 96 valence electrons. The molecule has 0 aromatic heterocycles. The molecular weight excluding hydrogens is 236 g/mol. The summed E-state index contributed by atoms with van der Waals surface area (Å²) in [6.45, 7) is 2.50. The first-order valence-corrected chi connectivity index (χ1v) is 5.74. The third-order valence-corrected chi connectivity index (χ3v) is 3.33. The average molecular weight is 250 g/mol. The van der Waals surface area contributed by atoms with Gasteiger partial charge in [0.1, 0.15) is 6.04 Å². The summed E-state index contributed by atoms with van der Waals surface area (Å²) in [6.07, 6.45) is 0.777. The number of aliphatic carboxylic acids is 1. The Bertz CT molecular complexity index is 489. The minimum Gasteiger partial charge on any atom is -0.480 e. The zero-order valence-electron chi connectivity index (χ0n) is 9.94. The van der Waals surface area contributed by atoms with Gasteiger partial charge in [0.05, 0.1) is 4.92 Å². The molecule has 1 heterocycles. The third-order valence-electron chi connectivity index (χ3n) is 3.33. The molecule has 0 bridgehead atoms. The molecule has 6 heteroatoms. The summed E-state index contributed by atoms with van der Waals surface area (Å²) in [6, 6.07) is 5.51. The molecule has 1 fully saturated rings. The SMILES string of the molecule is CC1CCN(c2cccc([N+](=O)[O-])c2)C1C(=O)O. The topological polar surface area (TPSA) is 83.7 Å². The van der Waals surface area contributed by atoms with E-state index in [0.29, 0.717) is 12.2 Å². The van der Waals surface area contributed by atoms with Crippen LogP contribution in [0, 0.1) is 16.0 Å². The van der Waals surface area contributed by atoms with Crippen LogP contribution in [-0.4, -0.2) is 28.6 Å². The van der Waals surface area contributed by atoms with Crippen molar-refractivity contribution in [1.29, 1.82) is 0 Å². The number of nitro groups is 1. The molecule has 18 heavy (non-hydrogen) atoms. The van der Waals surface area contributed by atoms with E-state index in [1.54, 1.807) is 17.0 Å². The molecule has 1 aromatic rings. The number of hydrogen-bond acceptors (Lipinski definition) is 4. The fourth-order valence-corrected chi connectivity index (χ4v) is 2.40. The molecule has 2 unspecified atom stereocenters.